The van der Waals surface area contributed by atoms with Gasteiger partial charge in [0.1, 0.15) is 0 Å². The van der Waals surface area contributed by atoms with Gasteiger partial charge in [0.05, 0.1) is 86.8 Å². The highest BCUT2D eigenvalue weighted by atomic mass is 35.5. The minimum absolute atomic E-state index is 0. The predicted octanol–water partition coefficient (Wildman–Crippen LogP) is 5.69. The lowest BCUT2D eigenvalue weighted by Crippen LogP contribution is -2.29. The number of hydrogen-bond acceptors (Lipinski definition) is 16. The van der Waals surface area contributed by atoms with Gasteiger partial charge in [0, 0.05) is 94.5 Å². The number of aryl methyl sites for hydroxylation is 2. The maximum atomic E-state index is 15.3. The summed E-state index contributed by atoms with van der Waals surface area (Å²) in [6.45, 7) is 12.0. The summed E-state index contributed by atoms with van der Waals surface area (Å²) in [6.07, 6.45) is 6.20. The van der Waals surface area contributed by atoms with E-state index < -0.39 is 23.4 Å². The molecule has 78 heavy (non-hydrogen) atoms. The Bertz CT molecular complexity index is 3210. The molecule has 20 nitrogen and oxygen atoms in total. The molecule has 2 amide bonds. The molecule has 2 aliphatic rings. The fourth-order valence-corrected chi connectivity index (χ4v) is 8.63. The second-order valence-electron chi connectivity index (χ2n) is 18.6. The van der Waals surface area contributed by atoms with Gasteiger partial charge in [-0.25, -0.2) is 18.1 Å². The number of aliphatic imine (C=N–C) groups is 2. The first-order chi connectivity index (χ1) is 37.1. The number of halogens is 3. The summed E-state index contributed by atoms with van der Waals surface area (Å²) in [5.74, 6) is -2.14. The molecule has 4 aromatic carbocycles. The summed E-state index contributed by atoms with van der Waals surface area (Å²) in [6, 6.07) is 19.4. The molecule has 6 aromatic rings. The van der Waals surface area contributed by atoms with E-state index in [2.05, 4.69) is 95.6 Å². The van der Waals surface area contributed by atoms with Crippen LogP contribution in [-0.4, -0.2) is 107 Å². The standard InChI is InChI=1S/C29H36FN7O3.C26H30FN7O3.ClH/c1-18(2)36-15-21-7-6-20(10-22(21)16-36)11-32-12-23(25(31)17-39-4)29(38)33-13-24-26(37-14-19(3)34-35-37)8-9-27(40-5)28(24)30;1-16-14-34(33-32-16)23-6-7-24(37-3)25(27)21(23)13-31-26(35)20(22(28)15-36-2)12-29-9-17-4-5-18-10-30-11-19(18)8-17;/h6-10,12,14,18H,11,13,15-17,31H2,1-5H3,(H,33,38);4-8,12,14,30H,9-11,13,15,28H2,1-3H3,(H,31,35);1H. The van der Waals surface area contributed by atoms with Crippen LogP contribution in [0.4, 0.5) is 8.78 Å². The maximum absolute atomic E-state index is 15.3. The zero-order chi connectivity index (χ0) is 55.2. The summed E-state index contributed by atoms with van der Waals surface area (Å²) < 4.78 is 53.9. The van der Waals surface area contributed by atoms with E-state index in [1.165, 1.54) is 84.6 Å². The quantitative estimate of drug-likeness (QED) is 0.0430. The summed E-state index contributed by atoms with van der Waals surface area (Å²) >= 11 is 0. The molecule has 0 atom stereocenters. The van der Waals surface area contributed by atoms with Gasteiger partial charge in [0.2, 0.25) is 0 Å². The molecule has 0 saturated heterocycles. The van der Waals surface area contributed by atoms with Crippen molar-refractivity contribution >= 4 is 36.7 Å². The molecule has 0 saturated carbocycles. The summed E-state index contributed by atoms with van der Waals surface area (Å²) in [5, 5.41) is 24.8. The van der Waals surface area contributed by atoms with E-state index in [-0.39, 0.29) is 83.9 Å². The molecule has 0 unspecified atom stereocenters. The Morgan fingerprint density at radius 2 is 1.13 bits per heavy atom. The minimum Gasteiger partial charge on any atom is -0.494 e. The van der Waals surface area contributed by atoms with E-state index >= 15 is 8.78 Å². The molecule has 23 heteroatoms. The molecule has 7 N–H and O–H groups in total. The number of amides is 2. The minimum atomic E-state index is -0.608. The lowest BCUT2D eigenvalue weighted by Gasteiger charge is -2.18. The van der Waals surface area contributed by atoms with Crippen LogP contribution in [0.5, 0.6) is 11.5 Å². The molecule has 4 heterocycles. The zero-order valence-corrected chi connectivity index (χ0v) is 45.8. The first-order valence-corrected chi connectivity index (χ1v) is 24.8. The van der Waals surface area contributed by atoms with Gasteiger partial charge in [-0.3, -0.25) is 24.5 Å². The SMILES string of the molecule is COCC(N)=C(C=NCc1ccc2c(c1)CN(C(C)C)C2)C(=O)NCc1c(-n2cc(C)nn2)ccc(OC)c1F.COCC(N)=C(C=NCc1ccc2c(c1)CNC2)C(=O)NCc1c(-n2cc(C)nn2)ccc(OC)c1F.Cl. The maximum Gasteiger partial charge on any atom is 0.254 e. The van der Waals surface area contributed by atoms with Crippen molar-refractivity contribution in [1.82, 2.24) is 50.8 Å². The molecule has 2 aliphatic heterocycles. The van der Waals surface area contributed by atoms with E-state index in [1.807, 2.05) is 6.07 Å². The monoisotopic (exact) mass is 1090 g/mol. The Hall–Kier alpha value is -7.89. The predicted molar refractivity (Wildman–Crippen MR) is 295 cm³/mol. The van der Waals surface area contributed by atoms with Crippen molar-refractivity contribution < 1.29 is 37.3 Å². The first kappa shape index (κ1) is 59.4. The average molecular weight is 1090 g/mol. The number of benzene rings is 4. The third kappa shape index (κ3) is 14.8. The van der Waals surface area contributed by atoms with Gasteiger partial charge in [-0.15, -0.1) is 22.6 Å². The van der Waals surface area contributed by atoms with Crippen LogP contribution < -0.4 is 36.9 Å². The Labute approximate surface area is 458 Å². The smallest absolute Gasteiger partial charge is 0.254 e. The molecule has 0 spiro atoms. The van der Waals surface area contributed by atoms with Crippen LogP contribution in [0, 0.1) is 25.5 Å². The van der Waals surface area contributed by atoms with Crippen molar-refractivity contribution in [2.45, 2.75) is 86.1 Å². The van der Waals surface area contributed by atoms with Crippen LogP contribution in [-0.2, 0) is 71.4 Å². The fourth-order valence-electron chi connectivity index (χ4n) is 8.63. The Kier molecular flexibility index (Phi) is 21.3. The number of hydrogen-bond donors (Lipinski definition) is 5. The first-order valence-electron chi connectivity index (χ1n) is 24.8. The van der Waals surface area contributed by atoms with Crippen LogP contribution in [0.1, 0.15) is 69.7 Å². The van der Waals surface area contributed by atoms with Crippen molar-refractivity contribution in [2.24, 2.45) is 21.5 Å². The highest BCUT2D eigenvalue weighted by Gasteiger charge is 2.23. The zero-order valence-electron chi connectivity index (χ0n) is 45.0. The van der Waals surface area contributed by atoms with Crippen molar-refractivity contribution in [3.63, 3.8) is 0 Å². The second-order valence-corrected chi connectivity index (χ2v) is 18.6. The van der Waals surface area contributed by atoms with E-state index in [0.717, 1.165) is 37.3 Å². The number of rotatable bonds is 21. The number of carbonyl (C=O) groups excluding carboxylic acids is 2. The van der Waals surface area contributed by atoms with Gasteiger partial charge in [0.25, 0.3) is 11.8 Å². The van der Waals surface area contributed by atoms with Crippen molar-refractivity contribution in [1.29, 1.82) is 0 Å². The number of aromatic nitrogens is 6. The van der Waals surface area contributed by atoms with Crippen LogP contribution >= 0.6 is 12.4 Å². The van der Waals surface area contributed by atoms with E-state index in [4.69, 9.17) is 30.4 Å². The molecule has 0 fully saturated rings. The van der Waals surface area contributed by atoms with Crippen molar-refractivity contribution in [2.75, 3.05) is 41.7 Å². The van der Waals surface area contributed by atoms with Crippen LogP contribution in [0.15, 0.2) is 106 Å². The van der Waals surface area contributed by atoms with Gasteiger partial charge < -0.3 is 46.4 Å². The molecule has 2 aromatic heterocycles. The van der Waals surface area contributed by atoms with Gasteiger partial charge in [-0.2, -0.15) is 0 Å². The van der Waals surface area contributed by atoms with Gasteiger partial charge >= 0.3 is 0 Å². The number of nitrogens with zero attached hydrogens (tertiary/aromatic N) is 9. The molecule has 0 bridgehead atoms. The Balaban J connectivity index is 0.000000250. The number of carbonyl (C=O) groups is 2. The van der Waals surface area contributed by atoms with E-state index in [9.17, 15) is 9.59 Å². The summed E-state index contributed by atoms with van der Waals surface area (Å²) in [7, 11) is 5.73. The molecular weight excluding hydrogens is 1030 g/mol. The normalized spacial score (nSPS) is 13.6. The van der Waals surface area contributed by atoms with Crippen LogP contribution in [0.3, 0.4) is 0 Å². The third-order valence-electron chi connectivity index (χ3n) is 12.8. The van der Waals surface area contributed by atoms with Gasteiger partial charge in [-0.05, 0) is 85.3 Å². The third-order valence-corrected chi connectivity index (χ3v) is 12.8. The second kappa shape index (κ2) is 27.9. The number of methoxy groups -OCH3 is 4. The van der Waals surface area contributed by atoms with Crippen LogP contribution in [0.2, 0.25) is 0 Å². The molecule has 0 radical (unpaired) electrons. The Morgan fingerprint density at radius 3 is 1.56 bits per heavy atom. The molecule has 8 rings (SSSR count). The largest absolute Gasteiger partial charge is 0.494 e. The highest BCUT2D eigenvalue weighted by Crippen LogP contribution is 2.29. The average Bonchev–Trinajstić information content (AvgIpc) is 4.28. The fraction of sp³-hybridized carbons (Fsp3) is 0.345. The van der Waals surface area contributed by atoms with Crippen molar-refractivity contribution in [3.05, 3.63) is 163 Å². The number of nitrogens with two attached hydrogens (primary N) is 2. The van der Waals surface area contributed by atoms with Gasteiger partial charge in [0.15, 0.2) is 23.1 Å². The Morgan fingerprint density at radius 1 is 0.679 bits per heavy atom. The van der Waals surface area contributed by atoms with E-state index in [0.29, 0.717) is 41.9 Å². The topological polar surface area (TPSA) is 249 Å². The summed E-state index contributed by atoms with van der Waals surface area (Å²) in [5.41, 5.74) is 22.8. The van der Waals surface area contributed by atoms with Crippen LogP contribution in [0.25, 0.3) is 11.4 Å². The molecular formula is C55H67ClF2N14O6. The number of nitrogens with one attached hydrogen (secondary N) is 3. The highest BCUT2D eigenvalue weighted by molar-refractivity contribution is 6.13. The van der Waals surface area contributed by atoms with Gasteiger partial charge in [-0.1, -0.05) is 46.8 Å². The summed E-state index contributed by atoms with van der Waals surface area (Å²) in [4.78, 5) is 37.8. The number of fused-ring (bicyclic) bond motifs is 2. The molecule has 0 aliphatic carbocycles. The lowest BCUT2D eigenvalue weighted by atomic mass is 10.1. The lowest BCUT2D eigenvalue weighted by molar-refractivity contribution is -0.118. The molecule has 414 valence electrons. The van der Waals surface area contributed by atoms with Crippen molar-refractivity contribution in [3.8, 4) is 22.9 Å². The van der Waals surface area contributed by atoms with E-state index in [1.54, 1.807) is 38.4 Å². The number of ether oxygens (including phenoxy) is 4.